The highest BCUT2D eigenvalue weighted by atomic mass is 15.3. The zero-order valence-corrected chi connectivity index (χ0v) is 18.2. The zero-order chi connectivity index (χ0) is 21.3. The van der Waals surface area contributed by atoms with Crippen molar-refractivity contribution in [3.63, 3.8) is 0 Å². The molecule has 8 nitrogen and oxygen atoms in total. The fraction of sp³-hybridized carbons (Fsp3) is 0.409. The Labute approximate surface area is 176 Å². The van der Waals surface area contributed by atoms with Crippen molar-refractivity contribution in [1.29, 1.82) is 0 Å². The van der Waals surface area contributed by atoms with Crippen LogP contribution in [0, 0.1) is 6.92 Å². The number of benzene rings is 1. The van der Waals surface area contributed by atoms with Gasteiger partial charge in [-0.2, -0.15) is 10.1 Å². The van der Waals surface area contributed by atoms with Crippen molar-refractivity contribution in [2.24, 2.45) is 7.05 Å². The summed E-state index contributed by atoms with van der Waals surface area (Å²) in [5.74, 6) is 0.584. The van der Waals surface area contributed by atoms with Crippen LogP contribution in [0.1, 0.15) is 43.2 Å². The molecule has 0 spiro atoms. The van der Waals surface area contributed by atoms with Gasteiger partial charge in [0.05, 0.1) is 18.6 Å². The van der Waals surface area contributed by atoms with Gasteiger partial charge in [-0.05, 0) is 29.0 Å². The summed E-state index contributed by atoms with van der Waals surface area (Å²) in [6.07, 6.45) is 5.75. The highest BCUT2D eigenvalue weighted by Crippen LogP contribution is 2.27. The monoisotopic (exact) mass is 404 g/mol. The highest BCUT2D eigenvalue weighted by molar-refractivity contribution is 5.75. The molecule has 4 aromatic rings. The molecule has 1 N–H and O–H groups in total. The summed E-state index contributed by atoms with van der Waals surface area (Å²) in [7, 11) is 1.98. The zero-order valence-electron chi connectivity index (χ0n) is 18.2. The molecular formula is C22H28N8. The van der Waals surface area contributed by atoms with Crippen LogP contribution < -0.4 is 5.32 Å². The summed E-state index contributed by atoms with van der Waals surface area (Å²) in [5, 5.41) is 7.42. The molecule has 156 valence electrons. The van der Waals surface area contributed by atoms with Gasteiger partial charge in [-0.3, -0.25) is 4.68 Å². The lowest BCUT2D eigenvalue weighted by molar-refractivity contribution is 0.589. The number of aryl methyl sites for hydroxylation is 2. The Bertz CT molecular complexity index is 1150. The average Bonchev–Trinajstić information content (AvgIpc) is 3.33. The molecule has 30 heavy (non-hydrogen) atoms. The van der Waals surface area contributed by atoms with Crippen molar-refractivity contribution in [3.8, 4) is 0 Å². The first-order valence-corrected chi connectivity index (χ1v) is 10.2. The van der Waals surface area contributed by atoms with Crippen LogP contribution in [0.25, 0.3) is 11.2 Å². The van der Waals surface area contributed by atoms with Crippen molar-refractivity contribution in [1.82, 2.24) is 34.3 Å². The molecule has 0 bridgehead atoms. The molecule has 3 heterocycles. The lowest BCUT2D eigenvalue weighted by Gasteiger charge is -2.21. The van der Waals surface area contributed by atoms with E-state index in [0.717, 1.165) is 17.6 Å². The van der Waals surface area contributed by atoms with Crippen LogP contribution in [0.2, 0.25) is 0 Å². The number of aromatic nitrogens is 7. The average molecular weight is 405 g/mol. The van der Waals surface area contributed by atoms with Gasteiger partial charge >= 0.3 is 0 Å². The van der Waals surface area contributed by atoms with Gasteiger partial charge in [0, 0.05) is 20.0 Å². The van der Waals surface area contributed by atoms with Gasteiger partial charge in [0.25, 0.3) is 0 Å². The van der Waals surface area contributed by atoms with E-state index in [9.17, 15) is 0 Å². The number of nitrogens with zero attached hydrogens (tertiary/aromatic N) is 7. The van der Waals surface area contributed by atoms with E-state index in [4.69, 9.17) is 4.98 Å². The second-order valence-corrected chi connectivity index (χ2v) is 8.67. The Morgan fingerprint density at radius 2 is 1.93 bits per heavy atom. The number of hydrogen-bond donors (Lipinski definition) is 1. The van der Waals surface area contributed by atoms with Gasteiger partial charge < -0.3 is 9.88 Å². The number of imidazole rings is 1. The van der Waals surface area contributed by atoms with Crippen molar-refractivity contribution < 1.29 is 0 Å². The van der Waals surface area contributed by atoms with Crippen LogP contribution in [0.5, 0.6) is 0 Å². The third-order valence-corrected chi connectivity index (χ3v) is 5.31. The van der Waals surface area contributed by atoms with Crippen molar-refractivity contribution in [3.05, 3.63) is 59.6 Å². The molecule has 0 saturated carbocycles. The molecule has 0 atom stereocenters. The van der Waals surface area contributed by atoms with E-state index in [1.54, 1.807) is 17.3 Å². The number of fused-ring (bicyclic) bond motifs is 1. The molecule has 3 aromatic heterocycles. The van der Waals surface area contributed by atoms with Crippen molar-refractivity contribution in [2.75, 3.05) is 11.9 Å². The van der Waals surface area contributed by atoms with E-state index in [2.05, 4.69) is 71.3 Å². The summed E-state index contributed by atoms with van der Waals surface area (Å²) in [6, 6.07) is 6.72. The predicted octanol–water partition coefficient (Wildman–Crippen LogP) is 3.26. The topological polar surface area (TPSA) is 86.3 Å². The molecule has 0 aliphatic carbocycles. The minimum Gasteiger partial charge on any atom is -0.352 e. The van der Waals surface area contributed by atoms with Gasteiger partial charge in [-0.15, -0.1) is 0 Å². The van der Waals surface area contributed by atoms with Crippen LogP contribution in [0.4, 0.5) is 5.95 Å². The van der Waals surface area contributed by atoms with E-state index in [-0.39, 0.29) is 5.41 Å². The Hall–Kier alpha value is -3.29. The number of hydrogen-bond acceptors (Lipinski definition) is 6. The van der Waals surface area contributed by atoms with Crippen molar-refractivity contribution >= 4 is 17.1 Å². The molecule has 1 aromatic carbocycles. The summed E-state index contributed by atoms with van der Waals surface area (Å²) in [5.41, 5.74) is 6.61. The molecule has 4 rings (SSSR count). The number of rotatable bonds is 6. The molecule has 0 amide bonds. The Balaban J connectivity index is 1.65. The second kappa shape index (κ2) is 7.85. The molecule has 0 aliphatic heterocycles. The first kappa shape index (κ1) is 20.0. The summed E-state index contributed by atoms with van der Waals surface area (Å²) >= 11 is 0. The maximum atomic E-state index is 4.85. The number of anilines is 1. The fourth-order valence-corrected chi connectivity index (χ4v) is 3.48. The van der Waals surface area contributed by atoms with E-state index < -0.39 is 0 Å². The van der Waals surface area contributed by atoms with E-state index >= 15 is 0 Å². The van der Waals surface area contributed by atoms with Gasteiger partial charge in [-0.1, -0.05) is 39.0 Å². The summed E-state index contributed by atoms with van der Waals surface area (Å²) in [4.78, 5) is 17.9. The first-order chi connectivity index (χ1) is 14.3. The van der Waals surface area contributed by atoms with Crippen LogP contribution in [0.15, 0.2) is 37.2 Å². The molecule has 0 unspecified atom stereocenters. The quantitative estimate of drug-likeness (QED) is 0.531. The van der Waals surface area contributed by atoms with Crippen LogP contribution >= 0.6 is 0 Å². The Morgan fingerprint density at radius 3 is 2.67 bits per heavy atom. The van der Waals surface area contributed by atoms with Crippen LogP contribution in [-0.4, -0.2) is 40.8 Å². The van der Waals surface area contributed by atoms with Crippen molar-refractivity contribution in [2.45, 2.75) is 46.1 Å². The summed E-state index contributed by atoms with van der Waals surface area (Å²) < 4.78 is 3.77. The smallest absolute Gasteiger partial charge is 0.225 e. The van der Waals surface area contributed by atoms with E-state index in [1.807, 2.05) is 11.6 Å². The third kappa shape index (κ3) is 4.17. The molecule has 0 radical (unpaired) electrons. The lowest BCUT2D eigenvalue weighted by atomic mass is 9.84. The van der Waals surface area contributed by atoms with Gasteiger partial charge in [-0.25, -0.2) is 15.0 Å². The maximum Gasteiger partial charge on any atom is 0.225 e. The van der Waals surface area contributed by atoms with E-state index in [1.165, 1.54) is 23.0 Å². The maximum absolute atomic E-state index is 4.85. The molecule has 8 heteroatoms. The molecule has 0 saturated heterocycles. The molecule has 0 aliphatic rings. The lowest BCUT2D eigenvalue weighted by Crippen LogP contribution is -2.14. The minimum absolute atomic E-state index is 0.101. The third-order valence-electron chi connectivity index (χ3n) is 5.31. The largest absolute Gasteiger partial charge is 0.352 e. The van der Waals surface area contributed by atoms with Gasteiger partial charge in [0.15, 0.2) is 5.65 Å². The summed E-state index contributed by atoms with van der Waals surface area (Å²) in [6.45, 7) is 10.2. The Morgan fingerprint density at radius 1 is 1.10 bits per heavy atom. The molecule has 0 fully saturated rings. The fourth-order valence-electron chi connectivity index (χ4n) is 3.48. The predicted molar refractivity (Wildman–Crippen MR) is 118 cm³/mol. The standard InChI is InChI=1S/C22H28N8/c1-15-6-7-17(22(2,3)4)10-16(15)11-18-19-20(25-14-29(19)5)28-21(27-18)24-8-9-30-13-23-12-26-30/h6-7,10,12-14H,8-9,11H2,1-5H3,(H,24,27,28). The SMILES string of the molecule is Cc1ccc(C(C)(C)C)cc1Cc1nc(NCCn2cncn2)nc2ncn(C)c12. The van der Waals surface area contributed by atoms with Crippen LogP contribution in [0.3, 0.4) is 0 Å². The normalized spacial score (nSPS) is 11.9. The molecular weight excluding hydrogens is 376 g/mol. The van der Waals surface area contributed by atoms with Gasteiger partial charge in [0.1, 0.15) is 18.2 Å². The Kier molecular flexibility index (Phi) is 5.24. The van der Waals surface area contributed by atoms with E-state index in [0.29, 0.717) is 24.7 Å². The minimum atomic E-state index is 0.101. The van der Waals surface area contributed by atoms with Crippen LogP contribution in [-0.2, 0) is 25.4 Å². The van der Waals surface area contributed by atoms with Gasteiger partial charge in [0.2, 0.25) is 5.95 Å². The second-order valence-electron chi connectivity index (χ2n) is 8.67. The highest BCUT2D eigenvalue weighted by Gasteiger charge is 2.17. The number of nitrogens with one attached hydrogen (secondary N) is 1. The first-order valence-electron chi connectivity index (χ1n) is 10.2.